The van der Waals surface area contributed by atoms with Gasteiger partial charge in [0.2, 0.25) is 0 Å². The maximum absolute atomic E-state index is 13.0. The third-order valence-electron chi connectivity index (χ3n) is 5.02. The quantitative estimate of drug-likeness (QED) is 0.327. The first-order valence-electron chi connectivity index (χ1n) is 9.29. The molecular formula is C24H17Cl2NO3. The molecule has 6 heteroatoms. The molecule has 1 amide bonds. The molecule has 1 N–H and O–H groups in total. The molecule has 150 valence electrons. The third-order valence-corrected chi connectivity index (χ3v) is 5.50. The number of halogens is 2. The summed E-state index contributed by atoms with van der Waals surface area (Å²) >= 11 is 12.1. The molecule has 1 saturated heterocycles. The predicted octanol–water partition coefficient (Wildman–Crippen LogP) is 5.62. The Labute approximate surface area is 184 Å². The number of amides is 1. The van der Waals surface area contributed by atoms with Crippen molar-refractivity contribution in [3.63, 3.8) is 0 Å². The van der Waals surface area contributed by atoms with Crippen molar-refractivity contribution in [2.24, 2.45) is 0 Å². The summed E-state index contributed by atoms with van der Waals surface area (Å²) in [5.41, 5.74) is 1.95. The van der Waals surface area contributed by atoms with Crippen LogP contribution in [0, 0.1) is 0 Å². The number of carbonyl (C=O) groups is 2. The zero-order chi connectivity index (χ0) is 21.3. The Morgan fingerprint density at radius 3 is 2.23 bits per heavy atom. The second-order valence-electron chi connectivity index (χ2n) is 6.97. The summed E-state index contributed by atoms with van der Waals surface area (Å²) in [6, 6.07) is 22.0. The fraction of sp³-hybridized carbons (Fsp3) is 0.0833. The van der Waals surface area contributed by atoms with Crippen LogP contribution in [0.15, 0.2) is 84.4 Å². The molecule has 0 saturated carbocycles. The van der Waals surface area contributed by atoms with Crippen molar-refractivity contribution in [3.05, 3.63) is 111 Å². The van der Waals surface area contributed by atoms with Crippen LogP contribution >= 0.6 is 23.2 Å². The van der Waals surface area contributed by atoms with E-state index in [0.717, 1.165) is 5.56 Å². The SMILES string of the molecule is O=C1C(=O)N(Cc2ccccc2)C(c2cccc(Cl)c2)C1=C(O)c1ccc(Cl)cc1. The van der Waals surface area contributed by atoms with Gasteiger partial charge in [0.05, 0.1) is 11.6 Å². The van der Waals surface area contributed by atoms with E-state index in [0.29, 0.717) is 21.2 Å². The minimum atomic E-state index is -0.764. The minimum absolute atomic E-state index is 0.0283. The monoisotopic (exact) mass is 437 g/mol. The molecule has 1 aliphatic heterocycles. The first-order valence-corrected chi connectivity index (χ1v) is 10.0. The van der Waals surface area contributed by atoms with Gasteiger partial charge in [-0.05, 0) is 47.5 Å². The average Bonchev–Trinajstić information content (AvgIpc) is 2.99. The highest BCUT2D eigenvalue weighted by atomic mass is 35.5. The summed E-state index contributed by atoms with van der Waals surface area (Å²) in [5.74, 6) is -1.65. The second-order valence-corrected chi connectivity index (χ2v) is 7.85. The molecule has 3 aromatic rings. The number of rotatable bonds is 4. The standard InChI is InChI=1S/C24H17Cl2NO3/c25-18-11-9-16(10-12-18)22(28)20-21(17-7-4-8-19(26)13-17)27(24(30)23(20)29)14-15-5-2-1-3-6-15/h1-13,21,28H,14H2. The van der Waals surface area contributed by atoms with E-state index in [1.54, 1.807) is 48.5 Å². The summed E-state index contributed by atoms with van der Waals surface area (Å²) in [5, 5.41) is 12.0. The van der Waals surface area contributed by atoms with Crippen molar-refractivity contribution in [2.45, 2.75) is 12.6 Å². The summed E-state index contributed by atoms with van der Waals surface area (Å²) in [7, 11) is 0. The van der Waals surface area contributed by atoms with E-state index >= 15 is 0 Å². The Balaban J connectivity index is 1.87. The topological polar surface area (TPSA) is 57.6 Å². The molecule has 4 nitrogen and oxygen atoms in total. The Kier molecular flexibility index (Phi) is 5.62. The van der Waals surface area contributed by atoms with Crippen LogP contribution in [0.3, 0.4) is 0 Å². The van der Waals surface area contributed by atoms with Gasteiger partial charge in [-0.2, -0.15) is 0 Å². The molecular weight excluding hydrogens is 421 g/mol. The van der Waals surface area contributed by atoms with Crippen molar-refractivity contribution < 1.29 is 14.7 Å². The Hall–Kier alpha value is -3.08. The Morgan fingerprint density at radius 1 is 0.867 bits per heavy atom. The zero-order valence-corrected chi connectivity index (χ0v) is 17.3. The maximum Gasteiger partial charge on any atom is 0.295 e. The van der Waals surface area contributed by atoms with Crippen LogP contribution < -0.4 is 0 Å². The first kappa shape index (κ1) is 20.2. The number of aliphatic hydroxyl groups is 1. The highest BCUT2D eigenvalue weighted by Gasteiger charge is 2.46. The molecule has 4 rings (SSSR count). The largest absolute Gasteiger partial charge is 0.507 e. The predicted molar refractivity (Wildman–Crippen MR) is 117 cm³/mol. The van der Waals surface area contributed by atoms with Gasteiger partial charge in [-0.1, -0.05) is 65.7 Å². The summed E-state index contributed by atoms with van der Waals surface area (Å²) in [4.78, 5) is 27.4. The van der Waals surface area contributed by atoms with E-state index in [-0.39, 0.29) is 17.9 Å². The van der Waals surface area contributed by atoms with Crippen molar-refractivity contribution in [3.8, 4) is 0 Å². The van der Waals surface area contributed by atoms with Crippen molar-refractivity contribution in [2.75, 3.05) is 0 Å². The summed E-state index contributed by atoms with van der Waals surface area (Å²) in [6.07, 6.45) is 0. The number of likely N-dealkylation sites (tertiary alicyclic amines) is 1. The van der Waals surface area contributed by atoms with Gasteiger partial charge in [-0.3, -0.25) is 9.59 Å². The van der Waals surface area contributed by atoms with Crippen LogP contribution in [-0.2, 0) is 16.1 Å². The maximum atomic E-state index is 13.0. The molecule has 0 bridgehead atoms. The molecule has 1 heterocycles. The van der Waals surface area contributed by atoms with Gasteiger partial charge in [0.15, 0.2) is 0 Å². The Bertz CT molecular complexity index is 1140. The molecule has 1 unspecified atom stereocenters. The number of ketones is 1. The second kappa shape index (κ2) is 8.34. The number of benzene rings is 3. The molecule has 0 aromatic heterocycles. The molecule has 1 aliphatic rings. The van der Waals surface area contributed by atoms with Crippen molar-refractivity contribution in [1.82, 2.24) is 4.90 Å². The van der Waals surface area contributed by atoms with Gasteiger partial charge < -0.3 is 10.0 Å². The number of Topliss-reactive ketones (excluding diaryl/α,β-unsaturated/α-hetero) is 1. The average molecular weight is 438 g/mol. The van der Waals surface area contributed by atoms with Crippen molar-refractivity contribution in [1.29, 1.82) is 0 Å². The van der Waals surface area contributed by atoms with E-state index in [1.165, 1.54) is 4.90 Å². The number of aliphatic hydroxyl groups excluding tert-OH is 1. The lowest BCUT2D eigenvalue weighted by molar-refractivity contribution is -0.140. The molecule has 3 aromatic carbocycles. The van der Waals surface area contributed by atoms with E-state index in [4.69, 9.17) is 23.2 Å². The number of hydrogen-bond donors (Lipinski definition) is 1. The van der Waals surface area contributed by atoms with Crippen LogP contribution in [0.4, 0.5) is 0 Å². The molecule has 1 fully saturated rings. The normalized spacial score (nSPS) is 18.1. The number of carbonyl (C=O) groups excluding carboxylic acids is 2. The van der Waals surface area contributed by atoms with E-state index in [9.17, 15) is 14.7 Å². The minimum Gasteiger partial charge on any atom is -0.507 e. The smallest absolute Gasteiger partial charge is 0.295 e. The lowest BCUT2D eigenvalue weighted by Gasteiger charge is -2.25. The molecule has 1 atom stereocenters. The zero-order valence-electron chi connectivity index (χ0n) is 15.8. The molecule has 0 aliphatic carbocycles. The first-order chi connectivity index (χ1) is 14.5. The van der Waals surface area contributed by atoms with Crippen LogP contribution in [0.25, 0.3) is 5.76 Å². The Morgan fingerprint density at radius 2 is 1.57 bits per heavy atom. The van der Waals surface area contributed by atoms with Gasteiger partial charge in [0, 0.05) is 22.2 Å². The summed E-state index contributed by atoms with van der Waals surface area (Å²) in [6.45, 7) is 0.222. The number of hydrogen-bond acceptors (Lipinski definition) is 3. The fourth-order valence-corrected chi connectivity index (χ4v) is 3.93. The van der Waals surface area contributed by atoms with Gasteiger partial charge >= 0.3 is 0 Å². The lowest BCUT2D eigenvalue weighted by Crippen LogP contribution is -2.29. The van der Waals surface area contributed by atoms with Gasteiger partial charge in [0.1, 0.15) is 5.76 Å². The van der Waals surface area contributed by atoms with Crippen LogP contribution in [0.5, 0.6) is 0 Å². The van der Waals surface area contributed by atoms with E-state index in [2.05, 4.69) is 0 Å². The molecule has 0 spiro atoms. The van der Waals surface area contributed by atoms with E-state index in [1.807, 2.05) is 30.3 Å². The highest BCUT2D eigenvalue weighted by molar-refractivity contribution is 6.46. The highest BCUT2D eigenvalue weighted by Crippen LogP contribution is 2.40. The van der Waals surface area contributed by atoms with Crippen LogP contribution in [-0.4, -0.2) is 21.7 Å². The van der Waals surface area contributed by atoms with Gasteiger partial charge in [-0.15, -0.1) is 0 Å². The fourth-order valence-electron chi connectivity index (χ4n) is 3.61. The van der Waals surface area contributed by atoms with Crippen LogP contribution in [0.2, 0.25) is 10.0 Å². The lowest BCUT2D eigenvalue weighted by atomic mass is 9.95. The van der Waals surface area contributed by atoms with Crippen LogP contribution in [0.1, 0.15) is 22.7 Å². The van der Waals surface area contributed by atoms with Gasteiger partial charge in [-0.25, -0.2) is 0 Å². The molecule has 0 radical (unpaired) electrons. The van der Waals surface area contributed by atoms with Gasteiger partial charge in [0.25, 0.3) is 11.7 Å². The van der Waals surface area contributed by atoms with Crippen molar-refractivity contribution >= 4 is 40.7 Å². The summed E-state index contributed by atoms with van der Waals surface area (Å²) < 4.78 is 0. The third kappa shape index (κ3) is 3.84. The van der Waals surface area contributed by atoms with E-state index < -0.39 is 17.7 Å². The molecule has 30 heavy (non-hydrogen) atoms. The number of nitrogens with zero attached hydrogens (tertiary/aromatic N) is 1.